The molecule has 0 radical (unpaired) electrons. The monoisotopic (exact) mass is 312 g/mol. The van der Waals surface area contributed by atoms with Crippen molar-refractivity contribution in [2.24, 2.45) is 0 Å². The second kappa shape index (κ2) is 7.00. The van der Waals surface area contributed by atoms with Crippen LogP contribution in [0.5, 0.6) is 11.5 Å². The fourth-order valence-electron chi connectivity index (χ4n) is 2.01. The molecule has 1 atom stereocenters. The smallest absolute Gasteiger partial charge is 0.260 e. The number of halogens is 1. The standard InChI is InChI=1S/C15H21ClN2O3/c1-9(15(19)17-2)21-14-10(8-18-12-4-5-12)6-11(16)7-13(14)20-3/h6-7,9,12,18H,4-5,8H2,1-3H3,(H,17,19). The highest BCUT2D eigenvalue weighted by Crippen LogP contribution is 2.36. The average molecular weight is 313 g/mol. The van der Waals surface area contributed by atoms with Gasteiger partial charge in [0.25, 0.3) is 5.91 Å². The number of nitrogens with one attached hydrogen (secondary N) is 2. The Bertz CT molecular complexity index is 518. The van der Waals surface area contributed by atoms with Gasteiger partial charge < -0.3 is 20.1 Å². The van der Waals surface area contributed by atoms with E-state index in [0.717, 1.165) is 5.56 Å². The van der Waals surface area contributed by atoms with Crippen LogP contribution in [-0.2, 0) is 11.3 Å². The summed E-state index contributed by atoms with van der Waals surface area (Å²) >= 11 is 6.12. The topological polar surface area (TPSA) is 59.6 Å². The lowest BCUT2D eigenvalue weighted by Crippen LogP contribution is -2.34. The summed E-state index contributed by atoms with van der Waals surface area (Å²) in [6, 6.07) is 4.10. The molecular weight excluding hydrogens is 292 g/mol. The van der Waals surface area contributed by atoms with Gasteiger partial charge >= 0.3 is 0 Å². The predicted octanol–water partition coefficient (Wildman–Crippen LogP) is 2.11. The van der Waals surface area contributed by atoms with Crippen LogP contribution in [0.1, 0.15) is 25.3 Å². The van der Waals surface area contributed by atoms with Crippen LogP contribution < -0.4 is 20.1 Å². The van der Waals surface area contributed by atoms with E-state index in [0.29, 0.717) is 29.1 Å². The molecule has 1 unspecified atom stereocenters. The summed E-state index contributed by atoms with van der Waals surface area (Å²) in [4.78, 5) is 11.7. The molecule has 1 aliphatic carbocycles. The minimum absolute atomic E-state index is 0.187. The van der Waals surface area contributed by atoms with E-state index < -0.39 is 6.10 Å². The van der Waals surface area contributed by atoms with Crippen LogP contribution in [0.25, 0.3) is 0 Å². The van der Waals surface area contributed by atoms with Crippen molar-refractivity contribution in [3.63, 3.8) is 0 Å². The van der Waals surface area contributed by atoms with Gasteiger partial charge in [-0.25, -0.2) is 0 Å². The molecule has 1 aromatic rings. The molecule has 6 heteroatoms. The Morgan fingerprint density at radius 2 is 2.19 bits per heavy atom. The highest BCUT2D eigenvalue weighted by Gasteiger charge is 2.23. The lowest BCUT2D eigenvalue weighted by atomic mass is 10.1. The van der Waals surface area contributed by atoms with E-state index in [1.54, 1.807) is 27.1 Å². The number of carbonyl (C=O) groups is 1. The second-order valence-electron chi connectivity index (χ2n) is 5.13. The van der Waals surface area contributed by atoms with Gasteiger partial charge in [0.1, 0.15) is 0 Å². The van der Waals surface area contributed by atoms with Crippen LogP contribution in [-0.4, -0.2) is 32.2 Å². The summed E-state index contributed by atoms with van der Waals surface area (Å²) in [6.07, 6.45) is 1.79. The van der Waals surface area contributed by atoms with E-state index in [9.17, 15) is 4.79 Å². The van der Waals surface area contributed by atoms with Gasteiger partial charge in [-0.05, 0) is 25.8 Å². The molecule has 0 heterocycles. The van der Waals surface area contributed by atoms with Crippen LogP contribution in [0.15, 0.2) is 12.1 Å². The number of likely N-dealkylation sites (N-methyl/N-ethyl adjacent to an activating group) is 1. The molecule has 0 bridgehead atoms. The number of ether oxygens (including phenoxy) is 2. The first-order valence-electron chi connectivity index (χ1n) is 7.03. The zero-order valence-corrected chi connectivity index (χ0v) is 13.3. The van der Waals surface area contributed by atoms with Gasteiger partial charge in [0.05, 0.1) is 7.11 Å². The van der Waals surface area contributed by atoms with E-state index in [1.165, 1.54) is 12.8 Å². The van der Waals surface area contributed by atoms with Crippen molar-refractivity contribution in [3.05, 3.63) is 22.7 Å². The van der Waals surface area contributed by atoms with Gasteiger partial charge in [-0.3, -0.25) is 4.79 Å². The maximum atomic E-state index is 11.7. The molecular formula is C15H21ClN2O3. The minimum Gasteiger partial charge on any atom is -0.493 e. The zero-order chi connectivity index (χ0) is 15.4. The van der Waals surface area contributed by atoms with E-state index in [2.05, 4.69) is 10.6 Å². The lowest BCUT2D eigenvalue weighted by molar-refractivity contribution is -0.126. The van der Waals surface area contributed by atoms with Crippen molar-refractivity contribution in [1.29, 1.82) is 0 Å². The van der Waals surface area contributed by atoms with E-state index in [4.69, 9.17) is 21.1 Å². The van der Waals surface area contributed by atoms with Crippen LogP contribution in [0.3, 0.4) is 0 Å². The van der Waals surface area contributed by atoms with Gasteiger partial charge in [-0.1, -0.05) is 11.6 Å². The molecule has 0 aromatic heterocycles. The maximum absolute atomic E-state index is 11.7. The lowest BCUT2D eigenvalue weighted by Gasteiger charge is -2.19. The Balaban J connectivity index is 2.23. The van der Waals surface area contributed by atoms with Crippen molar-refractivity contribution in [2.45, 2.75) is 38.5 Å². The molecule has 0 saturated heterocycles. The Kier molecular flexibility index (Phi) is 5.31. The molecule has 1 aliphatic rings. The average Bonchev–Trinajstić information content (AvgIpc) is 3.29. The molecule has 1 saturated carbocycles. The van der Waals surface area contributed by atoms with Crippen molar-refractivity contribution in [3.8, 4) is 11.5 Å². The largest absolute Gasteiger partial charge is 0.493 e. The predicted molar refractivity (Wildman–Crippen MR) is 82.0 cm³/mol. The van der Waals surface area contributed by atoms with Crippen LogP contribution in [0.2, 0.25) is 5.02 Å². The molecule has 116 valence electrons. The van der Waals surface area contributed by atoms with Crippen molar-refractivity contribution < 1.29 is 14.3 Å². The molecule has 21 heavy (non-hydrogen) atoms. The first-order chi connectivity index (χ1) is 10.0. The number of hydrogen-bond donors (Lipinski definition) is 2. The summed E-state index contributed by atoms with van der Waals surface area (Å²) in [5.74, 6) is 0.908. The maximum Gasteiger partial charge on any atom is 0.260 e. The fraction of sp³-hybridized carbons (Fsp3) is 0.533. The second-order valence-corrected chi connectivity index (χ2v) is 5.56. The van der Waals surface area contributed by atoms with Crippen molar-refractivity contribution in [1.82, 2.24) is 10.6 Å². The molecule has 0 aliphatic heterocycles. The van der Waals surface area contributed by atoms with Crippen LogP contribution in [0.4, 0.5) is 0 Å². The molecule has 1 amide bonds. The molecule has 1 aromatic carbocycles. The van der Waals surface area contributed by atoms with E-state index in [-0.39, 0.29) is 5.91 Å². The summed E-state index contributed by atoms with van der Waals surface area (Å²) in [6.45, 7) is 2.34. The van der Waals surface area contributed by atoms with Crippen LogP contribution in [0, 0.1) is 0 Å². The van der Waals surface area contributed by atoms with E-state index in [1.807, 2.05) is 6.07 Å². The van der Waals surface area contributed by atoms with Gasteiger partial charge in [0.2, 0.25) is 0 Å². The minimum atomic E-state index is -0.607. The fourth-order valence-corrected chi connectivity index (χ4v) is 2.25. The quantitative estimate of drug-likeness (QED) is 0.809. The summed E-state index contributed by atoms with van der Waals surface area (Å²) < 4.78 is 11.1. The van der Waals surface area contributed by atoms with Gasteiger partial charge in [0.15, 0.2) is 17.6 Å². The Morgan fingerprint density at radius 3 is 2.76 bits per heavy atom. The molecule has 0 spiro atoms. The van der Waals surface area contributed by atoms with Crippen molar-refractivity contribution in [2.75, 3.05) is 14.2 Å². The van der Waals surface area contributed by atoms with Crippen LogP contribution >= 0.6 is 11.6 Å². The summed E-state index contributed by atoms with van der Waals surface area (Å²) in [7, 11) is 3.14. The summed E-state index contributed by atoms with van der Waals surface area (Å²) in [5, 5.41) is 6.56. The Morgan fingerprint density at radius 1 is 1.48 bits per heavy atom. The highest BCUT2D eigenvalue weighted by atomic mass is 35.5. The number of methoxy groups -OCH3 is 1. The number of amides is 1. The van der Waals surface area contributed by atoms with Gasteiger partial charge in [0, 0.05) is 36.3 Å². The number of benzene rings is 1. The third kappa shape index (κ3) is 4.25. The number of carbonyl (C=O) groups excluding carboxylic acids is 1. The number of rotatable bonds is 7. The highest BCUT2D eigenvalue weighted by molar-refractivity contribution is 6.30. The Labute approximate surface area is 130 Å². The van der Waals surface area contributed by atoms with E-state index >= 15 is 0 Å². The van der Waals surface area contributed by atoms with Gasteiger partial charge in [-0.15, -0.1) is 0 Å². The third-order valence-electron chi connectivity index (χ3n) is 3.39. The Hall–Kier alpha value is -1.46. The molecule has 2 rings (SSSR count). The summed E-state index contributed by atoms with van der Waals surface area (Å²) in [5.41, 5.74) is 0.891. The number of hydrogen-bond acceptors (Lipinski definition) is 4. The first-order valence-corrected chi connectivity index (χ1v) is 7.41. The van der Waals surface area contributed by atoms with Gasteiger partial charge in [-0.2, -0.15) is 0 Å². The van der Waals surface area contributed by atoms with Crippen molar-refractivity contribution >= 4 is 17.5 Å². The molecule has 5 nitrogen and oxygen atoms in total. The zero-order valence-electron chi connectivity index (χ0n) is 12.5. The third-order valence-corrected chi connectivity index (χ3v) is 3.60. The normalized spacial score (nSPS) is 15.4. The molecule has 2 N–H and O–H groups in total. The SMILES string of the molecule is CNC(=O)C(C)Oc1c(CNC2CC2)cc(Cl)cc1OC. The molecule has 1 fully saturated rings. The first kappa shape index (κ1) is 15.9.